The molecular formula is C31H35N5O6. The molecule has 1 aromatic heterocycles. The predicted octanol–water partition coefficient (Wildman–Crippen LogP) is 5.44. The van der Waals surface area contributed by atoms with E-state index in [1.807, 2.05) is 19.1 Å². The quantitative estimate of drug-likeness (QED) is 0.0865. The summed E-state index contributed by atoms with van der Waals surface area (Å²) in [5.74, 6) is -0.454. The van der Waals surface area contributed by atoms with E-state index in [0.29, 0.717) is 19.5 Å². The Balaban J connectivity index is 1.58. The third-order valence-electron chi connectivity index (χ3n) is 7.92. The second-order valence-corrected chi connectivity index (χ2v) is 11.4. The van der Waals surface area contributed by atoms with E-state index >= 15 is 0 Å². The number of carbonyl (C=O) groups is 2. The van der Waals surface area contributed by atoms with Crippen molar-refractivity contribution in [2.45, 2.75) is 59.4 Å². The van der Waals surface area contributed by atoms with Crippen LogP contribution in [0.1, 0.15) is 64.3 Å². The van der Waals surface area contributed by atoms with Crippen LogP contribution in [0.5, 0.6) is 11.6 Å². The molecule has 2 unspecified atom stereocenters. The SMILES string of the molecule is C/C=C1\C2Cc3nc(OC(=O)Oc4cc(/C=C(\C#N)C(=O)N(CC)CC)cc([N+](=O)[O-])c4)ccc3C1(N)CC(C)(C)C2. The van der Waals surface area contributed by atoms with Crippen molar-refractivity contribution in [3.63, 3.8) is 0 Å². The van der Waals surface area contributed by atoms with E-state index in [9.17, 15) is 25.0 Å². The van der Waals surface area contributed by atoms with E-state index in [1.165, 1.54) is 28.7 Å². The zero-order valence-electron chi connectivity index (χ0n) is 24.5. The molecule has 0 aliphatic heterocycles. The van der Waals surface area contributed by atoms with Crippen molar-refractivity contribution in [1.82, 2.24) is 9.88 Å². The summed E-state index contributed by atoms with van der Waals surface area (Å²) in [4.78, 5) is 42.3. The lowest BCUT2D eigenvalue weighted by Gasteiger charge is -2.52. The zero-order chi connectivity index (χ0) is 30.8. The lowest BCUT2D eigenvalue weighted by atomic mass is 9.55. The maximum atomic E-state index is 12.7. The topological polar surface area (TPSA) is 162 Å². The van der Waals surface area contributed by atoms with Crippen molar-refractivity contribution in [3.8, 4) is 17.7 Å². The summed E-state index contributed by atoms with van der Waals surface area (Å²) in [5.41, 5.74) is 8.83. The van der Waals surface area contributed by atoms with E-state index in [1.54, 1.807) is 19.9 Å². The first kappa shape index (κ1) is 30.4. The maximum Gasteiger partial charge on any atom is 0.520 e. The Morgan fingerprint density at radius 3 is 2.57 bits per heavy atom. The number of nitrogens with two attached hydrogens (primary N) is 1. The number of carbonyl (C=O) groups excluding carboxylic acids is 2. The summed E-state index contributed by atoms with van der Waals surface area (Å²) in [6, 6.07) is 8.77. The Kier molecular flexibility index (Phi) is 8.50. The Morgan fingerprint density at radius 2 is 1.95 bits per heavy atom. The van der Waals surface area contributed by atoms with Crippen LogP contribution < -0.4 is 15.2 Å². The molecule has 42 heavy (non-hydrogen) atoms. The maximum absolute atomic E-state index is 12.7. The molecule has 0 spiro atoms. The van der Waals surface area contributed by atoms with Crippen LogP contribution in [0.4, 0.5) is 10.5 Å². The van der Waals surface area contributed by atoms with E-state index < -0.39 is 28.2 Å². The molecule has 2 aliphatic carbocycles. The van der Waals surface area contributed by atoms with Crippen LogP contribution >= 0.6 is 0 Å². The van der Waals surface area contributed by atoms with Crippen LogP contribution in [-0.2, 0) is 16.8 Å². The predicted molar refractivity (Wildman–Crippen MR) is 155 cm³/mol. The Bertz CT molecular complexity index is 1530. The molecule has 1 amide bonds. The number of hydrogen-bond acceptors (Lipinski definition) is 9. The number of pyridine rings is 1. The summed E-state index contributed by atoms with van der Waals surface area (Å²) in [7, 11) is 0. The number of aromatic nitrogens is 1. The van der Waals surface area contributed by atoms with Gasteiger partial charge in [0.15, 0.2) is 0 Å². The van der Waals surface area contributed by atoms with E-state index in [2.05, 4.69) is 24.9 Å². The molecule has 2 N–H and O–H groups in total. The molecule has 4 rings (SSSR count). The lowest BCUT2D eigenvalue weighted by Crippen LogP contribution is -2.53. The minimum atomic E-state index is -1.15. The Labute approximate surface area is 244 Å². The van der Waals surface area contributed by atoms with Gasteiger partial charge in [-0.1, -0.05) is 19.9 Å². The molecule has 220 valence electrons. The molecular weight excluding hydrogens is 538 g/mol. The van der Waals surface area contributed by atoms with E-state index in [-0.39, 0.29) is 34.1 Å². The number of allylic oxidation sites excluding steroid dienone is 1. The molecule has 0 saturated heterocycles. The average molecular weight is 574 g/mol. The molecule has 1 fully saturated rings. The number of ether oxygens (including phenoxy) is 2. The highest BCUT2D eigenvalue weighted by molar-refractivity contribution is 6.01. The number of nitro benzene ring substituents is 1. The minimum absolute atomic E-state index is 0.0192. The number of hydrogen-bond donors (Lipinski definition) is 1. The number of rotatable bonds is 7. The van der Waals surface area contributed by atoms with Gasteiger partial charge in [0, 0.05) is 25.2 Å². The number of benzene rings is 1. The molecule has 2 aromatic rings. The lowest BCUT2D eigenvalue weighted by molar-refractivity contribution is -0.384. The van der Waals surface area contributed by atoms with Crippen LogP contribution in [0, 0.1) is 32.8 Å². The van der Waals surface area contributed by atoms with Gasteiger partial charge in [0.2, 0.25) is 5.88 Å². The number of likely N-dealkylation sites (N-methyl/N-ethyl adjacent to an activating group) is 1. The monoisotopic (exact) mass is 573 g/mol. The fraction of sp³-hybridized carbons (Fsp3) is 0.419. The second-order valence-electron chi connectivity index (χ2n) is 11.4. The van der Waals surface area contributed by atoms with Gasteiger partial charge in [0.1, 0.15) is 17.4 Å². The first-order valence-electron chi connectivity index (χ1n) is 13.9. The van der Waals surface area contributed by atoms with Crippen LogP contribution in [0.2, 0.25) is 0 Å². The molecule has 1 saturated carbocycles. The number of nitriles is 1. The summed E-state index contributed by atoms with van der Waals surface area (Å²) in [5, 5.41) is 21.1. The molecule has 2 bridgehead atoms. The number of nitro groups is 1. The first-order chi connectivity index (χ1) is 19.8. The van der Waals surface area contributed by atoms with Crippen LogP contribution in [0.25, 0.3) is 6.08 Å². The number of non-ortho nitro benzene ring substituents is 1. The van der Waals surface area contributed by atoms with Crippen LogP contribution in [0.3, 0.4) is 0 Å². The van der Waals surface area contributed by atoms with Gasteiger partial charge in [-0.15, -0.1) is 0 Å². The van der Waals surface area contributed by atoms with Crippen molar-refractivity contribution in [2.24, 2.45) is 17.1 Å². The molecule has 0 radical (unpaired) electrons. The van der Waals surface area contributed by atoms with Crippen molar-refractivity contribution >= 4 is 23.8 Å². The largest absolute Gasteiger partial charge is 0.520 e. The fourth-order valence-corrected chi connectivity index (χ4v) is 6.38. The molecule has 2 atom stereocenters. The van der Waals surface area contributed by atoms with Crippen molar-refractivity contribution < 1.29 is 24.0 Å². The van der Waals surface area contributed by atoms with Gasteiger partial charge >= 0.3 is 6.16 Å². The minimum Gasteiger partial charge on any atom is -0.394 e. The fourth-order valence-electron chi connectivity index (χ4n) is 6.38. The highest BCUT2D eigenvalue weighted by Gasteiger charge is 2.50. The van der Waals surface area contributed by atoms with Gasteiger partial charge in [-0.2, -0.15) is 5.26 Å². The highest BCUT2D eigenvalue weighted by Crippen LogP contribution is 2.55. The van der Waals surface area contributed by atoms with Gasteiger partial charge in [-0.05, 0) is 86.3 Å². The first-order valence-corrected chi connectivity index (χ1v) is 13.9. The number of nitrogens with zero attached hydrogens (tertiary/aromatic N) is 4. The summed E-state index contributed by atoms with van der Waals surface area (Å²) >= 11 is 0. The average Bonchev–Trinajstić information content (AvgIpc) is 2.91. The third-order valence-corrected chi connectivity index (χ3v) is 7.92. The summed E-state index contributed by atoms with van der Waals surface area (Å²) in [6.07, 6.45) is 4.58. The van der Waals surface area contributed by atoms with Gasteiger partial charge in [0.05, 0.1) is 22.2 Å². The zero-order valence-corrected chi connectivity index (χ0v) is 24.5. The van der Waals surface area contributed by atoms with Crippen LogP contribution in [0.15, 0.2) is 47.6 Å². The molecule has 2 aliphatic rings. The highest BCUT2D eigenvalue weighted by atomic mass is 16.7. The Morgan fingerprint density at radius 1 is 1.24 bits per heavy atom. The van der Waals surface area contributed by atoms with Crippen molar-refractivity contribution in [3.05, 3.63) is 74.5 Å². The molecule has 11 heteroatoms. The van der Waals surface area contributed by atoms with Crippen molar-refractivity contribution in [1.29, 1.82) is 5.26 Å². The smallest absolute Gasteiger partial charge is 0.394 e. The molecule has 1 aromatic carbocycles. The van der Waals surface area contributed by atoms with Gasteiger partial charge in [-0.3, -0.25) is 14.9 Å². The summed E-state index contributed by atoms with van der Waals surface area (Å²) in [6.45, 7) is 10.8. The molecule has 11 nitrogen and oxygen atoms in total. The van der Waals surface area contributed by atoms with E-state index in [0.717, 1.165) is 30.2 Å². The molecule has 1 heterocycles. The van der Waals surface area contributed by atoms with Gasteiger partial charge in [-0.25, -0.2) is 9.78 Å². The standard InChI is InChI=1S/C31H35N5O6/c1-6-24-20-14-26-25(31(24,33)18-30(4,5)16-20)9-10-27(34-26)42-29(38)41-23-13-19(12-22(15-23)36(39)40)11-21(17-32)28(37)35(7-2)8-3/h6,9-13,15,20H,7-8,14,16,18,33H2,1-5H3/b21-11+,24-6+. The number of amides is 1. The van der Waals surface area contributed by atoms with Crippen molar-refractivity contribution in [2.75, 3.05) is 13.1 Å². The Hall–Kier alpha value is -4.56. The van der Waals surface area contributed by atoms with Gasteiger partial charge < -0.3 is 20.1 Å². The van der Waals surface area contributed by atoms with E-state index in [4.69, 9.17) is 15.2 Å². The normalized spacial score (nSPS) is 21.6. The second kappa shape index (κ2) is 11.7. The van der Waals surface area contributed by atoms with Crippen LogP contribution in [-0.4, -0.2) is 40.0 Å². The third kappa shape index (κ3) is 6.04. The van der Waals surface area contributed by atoms with Gasteiger partial charge in [0.25, 0.3) is 11.6 Å². The summed E-state index contributed by atoms with van der Waals surface area (Å²) < 4.78 is 10.6. The number of fused-ring (bicyclic) bond motifs is 4.